The fourth-order valence-corrected chi connectivity index (χ4v) is 3.44. The lowest BCUT2D eigenvalue weighted by atomic mass is 9.83. The SMILES string of the molecule is CCC[C@@H]1CC[C@@H](OP(C)(C)=O)[C@H](OC)C1. The minimum absolute atomic E-state index is 0.0268. The summed E-state index contributed by atoms with van der Waals surface area (Å²) in [5, 5.41) is 0. The van der Waals surface area contributed by atoms with Crippen molar-refractivity contribution in [3.8, 4) is 0 Å². The second kappa shape index (κ2) is 6.18. The minimum atomic E-state index is -2.40. The molecule has 1 rings (SSSR count). The average molecular weight is 248 g/mol. The van der Waals surface area contributed by atoms with Crippen molar-refractivity contribution in [2.45, 2.75) is 51.2 Å². The standard InChI is InChI=1S/C12H25O3P/c1-5-6-10-7-8-11(12(9-10)14-2)15-16(3,4)13/h10-12H,5-9H2,1-4H3/t10-,11-,12-/m1/s1. The molecule has 0 bridgehead atoms. The highest BCUT2D eigenvalue weighted by Crippen LogP contribution is 2.43. The van der Waals surface area contributed by atoms with Gasteiger partial charge < -0.3 is 9.26 Å². The Labute approximate surface area is 99.4 Å². The van der Waals surface area contributed by atoms with Crippen LogP contribution in [0.25, 0.3) is 0 Å². The van der Waals surface area contributed by atoms with Gasteiger partial charge in [-0.15, -0.1) is 0 Å². The van der Waals surface area contributed by atoms with E-state index in [-0.39, 0.29) is 12.2 Å². The van der Waals surface area contributed by atoms with Crippen LogP contribution in [0.4, 0.5) is 0 Å². The molecular formula is C12H25O3P. The van der Waals surface area contributed by atoms with Crippen LogP contribution >= 0.6 is 7.37 Å². The van der Waals surface area contributed by atoms with Crippen LogP contribution in [-0.4, -0.2) is 32.6 Å². The third kappa shape index (κ3) is 4.57. The first-order valence-corrected chi connectivity index (χ1v) is 8.74. The second-order valence-corrected chi connectivity index (χ2v) is 7.85. The molecule has 1 aliphatic carbocycles. The molecule has 0 saturated heterocycles. The molecule has 16 heavy (non-hydrogen) atoms. The Morgan fingerprint density at radius 3 is 2.44 bits per heavy atom. The quantitative estimate of drug-likeness (QED) is 0.698. The van der Waals surface area contributed by atoms with Crippen LogP contribution in [0.5, 0.6) is 0 Å². The molecule has 0 unspecified atom stereocenters. The molecule has 3 atom stereocenters. The van der Waals surface area contributed by atoms with Crippen molar-refractivity contribution in [3.05, 3.63) is 0 Å². The van der Waals surface area contributed by atoms with E-state index < -0.39 is 7.37 Å². The van der Waals surface area contributed by atoms with Crippen LogP contribution < -0.4 is 0 Å². The maximum atomic E-state index is 11.7. The fraction of sp³-hybridized carbons (Fsp3) is 1.00. The molecule has 0 aromatic carbocycles. The van der Waals surface area contributed by atoms with Crippen molar-refractivity contribution in [3.63, 3.8) is 0 Å². The van der Waals surface area contributed by atoms with E-state index in [4.69, 9.17) is 9.26 Å². The van der Waals surface area contributed by atoms with E-state index in [0.29, 0.717) is 0 Å². The largest absolute Gasteiger partial charge is 0.379 e. The van der Waals surface area contributed by atoms with E-state index in [1.807, 2.05) is 0 Å². The van der Waals surface area contributed by atoms with E-state index in [9.17, 15) is 4.57 Å². The average Bonchev–Trinajstić information content (AvgIpc) is 2.18. The van der Waals surface area contributed by atoms with E-state index in [1.165, 1.54) is 19.3 Å². The normalized spacial score (nSPS) is 31.6. The number of rotatable bonds is 5. The number of hydrogen-bond acceptors (Lipinski definition) is 3. The smallest absolute Gasteiger partial charge is 0.197 e. The molecule has 96 valence electrons. The Kier molecular flexibility index (Phi) is 5.49. The summed E-state index contributed by atoms with van der Waals surface area (Å²) >= 11 is 0. The van der Waals surface area contributed by atoms with Gasteiger partial charge in [-0.25, -0.2) is 0 Å². The molecule has 0 aliphatic heterocycles. The second-order valence-electron chi connectivity index (χ2n) is 5.14. The van der Waals surface area contributed by atoms with Crippen LogP contribution in [-0.2, 0) is 13.8 Å². The van der Waals surface area contributed by atoms with Crippen LogP contribution in [0.15, 0.2) is 0 Å². The van der Waals surface area contributed by atoms with Gasteiger partial charge in [0, 0.05) is 20.4 Å². The van der Waals surface area contributed by atoms with Gasteiger partial charge in [0.05, 0.1) is 12.2 Å². The molecule has 0 heterocycles. The fourth-order valence-electron chi connectivity index (χ4n) is 2.55. The monoisotopic (exact) mass is 248 g/mol. The number of methoxy groups -OCH3 is 1. The van der Waals surface area contributed by atoms with Crippen LogP contribution in [0, 0.1) is 5.92 Å². The van der Waals surface area contributed by atoms with Crippen molar-refractivity contribution in [2.24, 2.45) is 5.92 Å². The van der Waals surface area contributed by atoms with E-state index >= 15 is 0 Å². The molecule has 0 amide bonds. The molecule has 0 N–H and O–H groups in total. The van der Waals surface area contributed by atoms with Crippen molar-refractivity contribution < 1.29 is 13.8 Å². The Morgan fingerprint density at radius 1 is 1.25 bits per heavy atom. The highest BCUT2D eigenvalue weighted by molar-refractivity contribution is 7.57. The Hall–Kier alpha value is 0.150. The van der Waals surface area contributed by atoms with Gasteiger partial charge in [0.15, 0.2) is 7.37 Å². The van der Waals surface area contributed by atoms with Crippen molar-refractivity contribution >= 4 is 7.37 Å². The predicted octanol–water partition coefficient (Wildman–Crippen LogP) is 3.52. The molecule has 3 nitrogen and oxygen atoms in total. The van der Waals surface area contributed by atoms with Gasteiger partial charge in [0.1, 0.15) is 0 Å². The summed E-state index contributed by atoms with van der Waals surface area (Å²) in [6.07, 6.45) is 5.86. The topological polar surface area (TPSA) is 35.5 Å². The first-order chi connectivity index (χ1) is 7.46. The van der Waals surface area contributed by atoms with Gasteiger partial charge >= 0.3 is 0 Å². The maximum absolute atomic E-state index is 11.7. The van der Waals surface area contributed by atoms with Gasteiger partial charge in [-0.2, -0.15) is 0 Å². The van der Waals surface area contributed by atoms with E-state index in [1.54, 1.807) is 20.4 Å². The summed E-state index contributed by atoms with van der Waals surface area (Å²) in [5.74, 6) is 0.753. The van der Waals surface area contributed by atoms with E-state index in [2.05, 4.69) is 6.92 Å². The summed E-state index contributed by atoms with van der Waals surface area (Å²) < 4.78 is 22.8. The Morgan fingerprint density at radius 2 is 1.94 bits per heavy atom. The zero-order chi connectivity index (χ0) is 12.2. The molecular weight excluding hydrogens is 223 g/mol. The van der Waals surface area contributed by atoms with Gasteiger partial charge in [-0.3, -0.25) is 4.57 Å². The van der Waals surface area contributed by atoms with Gasteiger partial charge in [0.25, 0.3) is 0 Å². The first-order valence-electron chi connectivity index (χ1n) is 6.22. The number of ether oxygens (including phenoxy) is 1. The molecule has 1 fully saturated rings. The van der Waals surface area contributed by atoms with Crippen molar-refractivity contribution in [2.75, 3.05) is 20.4 Å². The zero-order valence-corrected chi connectivity index (χ0v) is 11.8. The van der Waals surface area contributed by atoms with Crippen LogP contribution in [0.2, 0.25) is 0 Å². The van der Waals surface area contributed by atoms with Crippen molar-refractivity contribution in [1.82, 2.24) is 0 Å². The van der Waals surface area contributed by atoms with Crippen LogP contribution in [0.1, 0.15) is 39.0 Å². The van der Waals surface area contributed by atoms with Crippen LogP contribution in [0.3, 0.4) is 0 Å². The summed E-state index contributed by atoms with van der Waals surface area (Å²) in [5.41, 5.74) is 0. The lowest BCUT2D eigenvalue weighted by Gasteiger charge is -2.35. The van der Waals surface area contributed by atoms with Crippen molar-refractivity contribution in [1.29, 1.82) is 0 Å². The summed E-state index contributed by atoms with van der Waals surface area (Å²) in [6, 6.07) is 0. The molecule has 0 spiro atoms. The molecule has 1 aliphatic rings. The molecule has 0 aromatic heterocycles. The lowest BCUT2D eigenvalue weighted by molar-refractivity contribution is -0.0374. The van der Waals surface area contributed by atoms with Gasteiger partial charge in [-0.1, -0.05) is 19.8 Å². The summed E-state index contributed by atoms with van der Waals surface area (Å²) in [4.78, 5) is 0. The highest BCUT2D eigenvalue weighted by Gasteiger charge is 2.33. The molecule has 4 heteroatoms. The highest BCUT2D eigenvalue weighted by atomic mass is 31.2. The van der Waals surface area contributed by atoms with Gasteiger partial charge in [0.2, 0.25) is 0 Å². The minimum Gasteiger partial charge on any atom is -0.379 e. The van der Waals surface area contributed by atoms with Gasteiger partial charge in [-0.05, 0) is 25.2 Å². The molecule has 1 saturated carbocycles. The number of hydrogen-bond donors (Lipinski definition) is 0. The summed E-state index contributed by atoms with van der Waals surface area (Å²) in [7, 11) is -0.672. The Bertz CT molecular complexity index is 249. The molecule has 0 aromatic rings. The lowest BCUT2D eigenvalue weighted by Crippen LogP contribution is -2.36. The maximum Gasteiger partial charge on any atom is 0.197 e. The molecule has 0 radical (unpaired) electrons. The summed E-state index contributed by atoms with van der Waals surface area (Å²) in [6.45, 7) is 5.58. The first kappa shape index (κ1) is 14.2. The Balaban J connectivity index is 2.51. The third-order valence-electron chi connectivity index (χ3n) is 3.23. The third-order valence-corrected chi connectivity index (χ3v) is 4.01. The predicted molar refractivity (Wildman–Crippen MR) is 67.4 cm³/mol. The zero-order valence-electron chi connectivity index (χ0n) is 10.9. The van der Waals surface area contributed by atoms with E-state index in [0.717, 1.165) is 18.8 Å².